The summed E-state index contributed by atoms with van der Waals surface area (Å²) in [6.07, 6.45) is 0.280. The Bertz CT molecular complexity index is 818. The van der Waals surface area contributed by atoms with Gasteiger partial charge in [0.15, 0.2) is 5.78 Å². The third kappa shape index (κ3) is 4.80. The number of thioether (sulfide) groups is 1. The molecule has 0 amide bonds. The minimum absolute atomic E-state index is 0.0365. The highest BCUT2D eigenvalue weighted by Gasteiger charge is 2.20. The summed E-state index contributed by atoms with van der Waals surface area (Å²) < 4.78 is 14.3. The fourth-order valence-corrected chi connectivity index (χ4v) is 3.90. The van der Waals surface area contributed by atoms with Crippen molar-refractivity contribution in [1.29, 1.82) is 0 Å². The molecule has 0 N–H and O–H groups in total. The van der Waals surface area contributed by atoms with Crippen molar-refractivity contribution in [1.82, 2.24) is 0 Å². The van der Waals surface area contributed by atoms with Crippen molar-refractivity contribution >= 4 is 17.5 Å². The maximum Gasteiger partial charge on any atom is 0.164 e. The lowest BCUT2D eigenvalue weighted by atomic mass is 10.0. The molecule has 3 aromatic rings. The van der Waals surface area contributed by atoms with Crippen molar-refractivity contribution in [2.24, 2.45) is 0 Å². The molecule has 0 aliphatic rings. The summed E-state index contributed by atoms with van der Waals surface area (Å²) in [5.74, 6) is 0.519. The first kappa shape index (κ1) is 17.4. The number of Topliss-reactive ketones (excluding diaryl/α,β-unsaturated/α-hetero) is 1. The van der Waals surface area contributed by atoms with Gasteiger partial charge in [0.2, 0.25) is 0 Å². The van der Waals surface area contributed by atoms with E-state index < -0.39 is 0 Å². The van der Waals surface area contributed by atoms with E-state index >= 15 is 0 Å². The van der Waals surface area contributed by atoms with Gasteiger partial charge in [-0.1, -0.05) is 78.9 Å². The predicted molar refractivity (Wildman–Crippen MR) is 102 cm³/mol. The first-order chi connectivity index (χ1) is 12.2. The second kappa shape index (κ2) is 8.63. The highest BCUT2D eigenvalue weighted by Crippen LogP contribution is 2.36. The van der Waals surface area contributed by atoms with Crippen molar-refractivity contribution in [2.45, 2.75) is 17.4 Å². The van der Waals surface area contributed by atoms with E-state index in [1.807, 2.05) is 66.7 Å². The molecule has 1 atom stereocenters. The fraction of sp³-hybridized carbons (Fsp3) is 0.136. The molecule has 126 valence electrons. The molecule has 0 fully saturated rings. The van der Waals surface area contributed by atoms with E-state index in [2.05, 4.69) is 0 Å². The van der Waals surface area contributed by atoms with Crippen LogP contribution in [-0.2, 0) is 5.75 Å². The van der Waals surface area contributed by atoms with Crippen molar-refractivity contribution in [3.8, 4) is 0 Å². The Labute approximate surface area is 151 Å². The summed E-state index contributed by atoms with van der Waals surface area (Å²) in [6, 6.07) is 26.0. The zero-order valence-corrected chi connectivity index (χ0v) is 14.6. The molecule has 0 bridgehead atoms. The van der Waals surface area contributed by atoms with E-state index in [1.165, 1.54) is 11.6 Å². The molecule has 1 unspecified atom stereocenters. The van der Waals surface area contributed by atoms with Crippen LogP contribution in [0, 0.1) is 5.82 Å². The third-order valence-corrected chi connectivity index (χ3v) is 5.34. The standard InChI is InChI=1S/C22H19FOS/c23-20-14-8-7-13-19(20)22(25-16-17-9-3-1-4-10-17)15-21(24)18-11-5-2-6-12-18/h1-14,22H,15-16H2. The second-order valence-electron chi connectivity index (χ2n) is 5.80. The van der Waals surface area contributed by atoms with E-state index in [0.29, 0.717) is 11.1 Å². The topological polar surface area (TPSA) is 17.1 Å². The SMILES string of the molecule is O=C(CC(SCc1ccccc1)c1ccccc1F)c1ccccc1. The monoisotopic (exact) mass is 350 g/mol. The molecule has 0 saturated carbocycles. The van der Waals surface area contributed by atoms with Gasteiger partial charge in [0.25, 0.3) is 0 Å². The third-order valence-electron chi connectivity index (χ3n) is 4.01. The van der Waals surface area contributed by atoms with Gasteiger partial charge in [-0.2, -0.15) is 0 Å². The van der Waals surface area contributed by atoms with Gasteiger partial charge in [-0.15, -0.1) is 11.8 Å². The molecular formula is C22H19FOS. The maximum absolute atomic E-state index is 14.3. The van der Waals surface area contributed by atoms with Crippen LogP contribution < -0.4 is 0 Å². The van der Waals surface area contributed by atoms with Crippen molar-refractivity contribution < 1.29 is 9.18 Å². The predicted octanol–water partition coefficient (Wildman–Crippen LogP) is 6.07. The second-order valence-corrected chi connectivity index (χ2v) is 6.99. The van der Waals surface area contributed by atoms with Gasteiger partial charge < -0.3 is 0 Å². The van der Waals surface area contributed by atoms with Gasteiger partial charge in [0.05, 0.1) is 0 Å². The van der Waals surface area contributed by atoms with Gasteiger partial charge in [-0.25, -0.2) is 4.39 Å². The molecule has 3 heteroatoms. The molecule has 0 saturated heterocycles. The Morgan fingerprint density at radius 2 is 1.44 bits per heavy atom. The smallest absolute Gasteiger partial charge is 0.164 e. The number of carbonyl (C=O) groups is 1. The van der Waals surface area contributed by atoms with Crippen LogP contribution >= 0.6 is 11.8 Å². The summed E-state index contributed by atoms with van der Waals surface area (Å²) in [5.41, 5.74) is 2.43. The summed E-state index contributed by atoms with van der Waals surface area (Å²) in [7, 11) is 0. The van der Waals surface area contributed by atoms with Crippen LogP contribution in [0.5, 0.6) is 0 Å². The molecule has 0 spiro atoms. The number of hydrogen-bond acceptors (Lipinski definition) is 2. The van der Waals surface area contributed by atoms with Crippen LogP contribution in [0.4, 0.5) is 4.39 Å². The lowest BCUT2D eigenvalue weighted by Gasteiger charge is -2.17. The first-order valence-corrected chi connectivity index (χ1v) is 9.27. The van der Waals surface area contributed by atoms with Crippen molar-refractivity contribution in [2.75, 3.05) is 0 Å². The lowest BCUT2D eigenvalue weighted by molar-refractivity contribution is 0.0982. The Hall–Kier alpha value is -2.39. The Morgan fingerprint density at radius 1 is 0.840 bits per heavy atom. The molecule has 1 nitrogen and oxygen atoms in total. The van der Waals surface area contributed by atoms with Crippen molar-refractivity contribution in [3.63, 3.8) is 0 Å². The molecule has 3 aromatic carbocycles. The zero-order valence-electron chi connectivity index (χ0n) is 13.8. The van der Waals surface area contributed by atoms with Crippen molar-refractivity contribution in [3.05, 3.63) is 107 Å². The van der Waals surface area contributed by atoms with E-state index in [4.69, 9.17) is 0 Å². The average Bonchev–Trinajstić information content (AvgIpc) is 2.67. The number of carbonyl (C=O) groups excluding carboxylic acids is 1. The fourth-order valence-electron chi connectivity index (χ4n) is 2.68. The van der Waals surface area contributed by atoms with Gasteiger partial charge in [0.1, 0.15) is 5.82 Å². The molecular weight excluding hydrogens is 331 g/mol. The van der Waals surface area contributed by atoms with Crippen LogP contribution in [-0.4, -0.2) is 5.78 Å². The minimum atomic E-state index is -0.256. The number of rotatable bonds is 7. The highest BCUT2D eigenvalue weighted by molar-refractivity contribution is 7.98. The van der Waals surface area contributed by atoms with Gasteiger partial charge in [-0.3, -0.25) is 4.79 Å². The number of halogens is 1. The molecule has 0 aromatic heterocycles. The maximum atomic E-state index is 14.3. The molecule has 0 heterocycles. The van der Waals surface area contributed by atoms with E-state index in [9.17, 15) is 9.18 Å². The molecule has 0 radical (unpaired) electrons. The molecule has 0 aliphatic heterocycles. The van der Waals surface area contributed by atoms with Crippen LogP contribution in [0.15, 0.2) is 84.9 Å². The van der Waals surface area contributed by atoms with Crippen LogP contribution in [0.3, 0.4) is 0 Å². The quantitative estimate of drug-likeness (QED) is 0.481. The number of benzene rings is 3. The molecule has 25 heavy (non-hydrogen) atoms. The van der Waals surface area contributed by atoms with Crippen LogP contribution in [0.25, 0.3) is 0 Å². The average molecular weight is 350 g/mol. The van der Waals surface area contributed by atoms with Crippen LogP contribution in [0.2, 0.25) is 0 Å². The number of ketones is 1. The van der Waals surface area contributed by atoms with Gasteiger partial charge >= 0.3 is 0 Å². The van der Waals surface area contributed by atoms with Crippen LogP contribution in [0.1, 0.15) is 33.2 Å². The largest absolute Gasteiger partial charge is 0.294 e. The summed E-state index contributed by atoms with van der Waals surface area (Å²) in [4.78, 5) is 12.6. The summed E-state index contributed by atoms with van der Waals surface area (Å²) in [6.45, 7) is 0. The molecule has 3 rings (SSSR count). The molecule has 0 aliphatic carbocycles. The Kier molecular flexibility index (Phi) is 6.02. The normalized spacial score (nSPS) is 11.9. The summed E-state index contributed by atoms with van der Waals surface area (Å²) >= 11 is 1.60. The highest BCUT2D eigenvalue weighted by atomic mass is 32.2. The lowest BCUT2D eigenvalue weighted by Crippen LogP contribution is -2.07. The van der Waals surface area contributed by atoms with E-state index in [1.54, 1.807) is 23.9 Å². The Morgan fingerprint density at radius 3 is 2.12 bits per heavy atom. The van der Waals surface area contributed by atoms with Gasteiger partial charge in [-0.05, 0) is 11.6 Å². The van der Waals surface area contributed by atoms with E-state index in [0.717, 1.165) is 5.75 Å². The first-order valence-electron chi connectivity index (χ1n) is 8.22. The minimum Gasteiger partial charge on any atom is -0.294 e. The number of hydrogen-bond donors (Lipinski definition) is 0. The van der Waals surface area contributed by atoms with Gasteiger partial charge in [0, 0.05) is 28.6 Å². The Balaban J connectivity index is 1.79. The van der Waals surface area contributed by atoms with E-state index in [-0.39, 0.29) is 23.3 Å². The summed E-state index contributed by atoms with van der Waals surface area (Å²) in [5, 5.41) is -0.214. The zero-order chi connectivity index (χ0) is 17.5.